The molecule has 2 fully saturated rings. The number of hydrogen-bond acceptors (Lipinski definition) is 9. The SMILES string of the molecule is COc1ncnc(C2CC2)c1-c1nc(OCc2ccc(-c3nc(C(F)(F)F)cn3C)cc2)c2cnn(C3CCCCO3)c2n1. The van der Waals surface area contributed by atoms with Gasteiger partial charge in [-0.25, -0.2) is 24.6 Å². The first-order chi connectivity index (χ1) is 21.3. The van der Waals surface area contributed by atoms with Crippen molar-refractivity contribution in [3.8, 4) is 34.5 Å². The highest BCUT2D eigenvalue weighted by Gasteiger charge is 2.35. The number of alkyl halides is 3. The Hall–Kier alpha value is -4.59. The van der Waals surface area contributed by atoms with Gasteiger partial charge >= 0.3 is 6.18 Å². The monoisotopic (exact) mass is 606 g/mol. The third-order valence-electron chi connectivity index (χ3n) is 7.82. The van der Waals surface area contributed by atoms with Crippen molar-refractivity contribution in [1.82, 2.24) is 39.3 Å². The molecule has 7 rings (SSSR count). The predicted octanol–water partition coefficient (Wildman–Crippen LogP) is 5.87. The van der Waals surface area contributed by atoms with Crippen molar-refractivity contribution in [2.24, 2.45) is 7.05 Å². The van der Waals surface area contributed by atoms with Gasteiger partial charge in [0, 0.05) is 31.3 Å². The second-order valence-electron chi connectivity index (χ2n) is 11.0. The maximum Gasteiger partial charge on any atom is 0.434 e. The number of ether oxygens (including phenoxy) is 3. The Kier molecular flexibility index (Phi) is 7.15. The average molecular weight is 607 g/mol. The number of imidazole rings is 1. The minimum absolute atomic E-state index is 0.142. The van der Waals surface area contributed by atoms with E-state index in [1.165, 1.54) is 17.9 Å². The second-order valence-corrected chi connectivity index (χ2v) is 11.0. The summed E-state index contributed by atoms with van der Waals surface area (Å²) in [5, 5.41) is 5.23. The van der Waals surface area contributed by atoms with Crippen LogP contribution in [0.25, 0.3) is 33.8 Å². The number of halogens is 3. The van der Waals surface area contributed by atoms with E-state index >= 15 is 0 Å². The van der Waals surface area contributed by atoms with Gasteiger partial charge in [-0.3, -0.25) is 0 Å². The molecule has 228 valence electrons. The summed E-state index contributed by atoms with van der Waals surface area (Å²) in [5.74, 6) is 1.57. The molecule has 0 spiro atoms. The predicted molar refractivity (Wildman–Crippen MR) is 152 cm³/mol. The summed E-state index contributed by atoms with van der Waals surface area (Å²) in [6, 6.07) is 7.01. The first kappa shape index (κ1) is 28.2. The van der Waals surface area contributed by atoms with Crippen molar-refractivity contribution in [3.63, 3.8) is 0 Å². The van der Waals surface area contributed by atoms with Gasteiger partial charge < -0.3 is 18.8 Å². The highest BCUT2D eigenvalue weighted by atomic mass is 19.4. The van der Waals surface area contributed by atoms with E-state index in [4.69, 9.17) is 24.2 Å². The van der Waals surface area contributed by atoms with Crippen LogP contribution in [0.3, 0.4) is 0 Å². The molecule has 4 aromatic heterocycles. The molecule has 5 aromatic rings. The molecule has 1 saturated heterocycles. The van der Waals surface area contributed by atoms with Crippen LogP contribution in [0.5, 0.6) is 11.8 Å². The number of rotatable bonds is 8. The fraction of sp³-hybridized carbons (Fsp3) is 0.400. The van der Waals surface area contributed by atoms with Crippen molar-refractivity contribution in [2.45, 2.75) is 57.0 Å². The number of fused-ring (bicyclic) bond motifs is 1. The summed E-state index contributed by atoms with van der Waals surface area (Å²) in [5.41, 5.74) is 2.43. The number of methoxy groups -OCH3 is 1. The Morgan fingerprint density at radius 2 is 1.82 bits per heavy atom. The molecule has 44 heavy (non-hydrogen) atoms. The molecular weight excluding hydrogens is 577 g/mol. The van der Waals surface area contributed by atoms with Gasteiger partial charge in [0.2, 0.25) is 11.8 Å². The van der Waals surface area contributed by atoms with E-state index in [9.17, 15) is 13.2 Å². The smallest absolute Gasteiger partial charge is 0.434 e. The van der Waals surface area contributed by atoms with E-state index in [1.54, 1.807) is 42.3 Å². The molecule has 1 atom stereocenters. The molecule has 14 heteroatoms. The molecule has 0 bridgehead atoms. The van der Waals surface area contributed by atoms with Crippen LogP contribution in [0.4, 0.5) is 13.2 Å². The van der Waals surface area contributed by atoms with Crippen molar-refractivity contribution >= 4 is 11.0 Å². The van der Waals surface area contributed by atoms with Gasteiger partial charge in [0.1, 0.15) is 29.7 Å². The third kappa shape index (κ3) is 5.34. The number of aromatic nitrogens is 8. The van der Waals surface area contributed by atoms with E-state index < -0.39 is 11.9 Å². The minimum Gasteiger partial charge on any atom is -0.480 e. The molecular formula is C30H29F3N8O3. The molecule has 0 radical (unpaired) electrons. The average Bonchev–Trinajstić information content (AvgIpc) is 3.67. The summed E-state index contributed by atoms with van der Waals surface area (Å²) in [6.45, 7) is 0.786. The number of nitrogens with zero attached hydrogens (tertiary/aromatic N) is 8. The first-order valence-corrected chi connectivity index (χ1v) is 14.4. The van der Waals surface area contributed by atoms with Crippen molar-refractivity contribution in [2.75, 3.05) is 13.7 Å². The number of hydrogen-bond donors (Lipinski definition) is 0. The van der Waals surface area contributed by atoms with Crippen LogP contribution < -0.4 is 9.47 Å². The summed E-state index contributed by atoms with van der Waals surface area (Å²) in [6.07, 6.45) is 4.22. The Balaban J connectivity index is 1.23. The lowest BCUT2D eigenvalue weighted by Crippen LogP contribution is -2.19. The highest BCUT2D eigenvalue weighted by Crippen LogP contribution is 2.45. The van der Waals surface area contributed by atoms with Gasteiger partial charge in [-0.2, -0.15) is 23.3 Å². The van der Waals surface area contributed by atoms with E-state index in [2.05, 4.69) is 20.1 Å². The molecule has 2 aliphatic rings. The summed E-state index contributed by atoms with van der Waals surface area (Å²) in [4.78, 5) is 22.4. The molecule has 1 aromatic carbocycles. The maximum absolute atomic E-state index is 13.2. The quantitative estimate of drug-likeness (QED) is 0.214. The van der Waals surface area contributed by atoms with Crippen molar-refractivity contribution < 1.29 is 27.4 Å². The van der Waals surface area contributed by atoms with Gasteiger partial charge in [0.15, 0.2) is 23.4 Å². The molecule has 1 aliphatic carbocycles. The Morgan fingerprint density at radius 1 is 1.00 bits per heavy atom. The van der Waals surface area contributed by atoms with Crippen LogP contribution in [-0.2, 0) is 24.6 Å². The number of benzene rings is 1. The highest BCUT2D eigenvalue weighted by molar-refractivity contribution is 5.83. The molecule has 1 saturated carbocycles. The topological polar surface area (TPSA) is 115 Å². The second kappa shape index (κ2) is 11.2. The van der Waals surface area contributed by atoms with Gasteiger partial charge in [-0.1, -0.05) is 24.3 Å². The standard InChI is InChI=1S/C30H29F3N8O3/c1-40-14-21(30(31,32)33)37-26(40)19-8-6-17(7-9-19)15-44-28-20-13-36-41(22-5-3-4-12-43-22)27(20)38-25(39-28)23-24(18-10-11-18)34-16-35-29(23)42-2/h6-9,13-14,16,18,22H,3-5,10-12,15H2,1-2H3. The van der Waals surface area contributed by atoms with Gasteiger partial charge in [-0.05, 0) is 37.7 Å². The fourth-order valence-corrected chi connectivity index (χ4v) is 5.44. The van der Waals surface area contributed by atoms with Crippen LogP contribution in [0.15, 0.2) is 43.0 Å². The number of aryl methyl sites for hydroxylation is 1. The lowest BCUT2D eigenvalue weighted by atomic mass is 10.1. The van der Waals surface area contributed by atoms with E-state index in [0.29, 0.717) is 46.4 Å². The zero-order chi connectivity index (χ0) is 30.4. The van der Waals surface area contributed by atoms with E-state index in [0.717, 1.165) is 49.6 Å². The Bertz CT molecular complexity index is 1810. The van der Waals surface area contributed by atoms with Crippen LogP contribution in [0, 0.1) is 0 Å². The third-order valence-corrected chi connectivity index (χ3v) is 7.82. The summed E-state index contributed by atoms with van der Waals surface area (Å²) >= 11 is 0. The molecule has 0 N–H and O–H groups in total. The van der Waals surface area contributed by atoms with Gasteiger partial charge in [0.25, 0.3) is 0 Å². The molecule has 0 amide bonds. The molecule has 1 aliphatic heterocycles. The van der Waals surface area contributed by atoms with Gasteiger partial charge in [-0.15, -0.1) is 0 Å². The van der Waals surface area contributed by atoms with E-state index in [1.807, 2.05) is 0 Å². The molecule has 5 heterocycles. The lowest BCUT2D eigenvalue weighted by molar-refractivity contribution is -0.140. The molecule has 11 nitrogen and oxygen atoms in total. The Morgan fingerprint density at radius 3 is 2.50 bits per heavy atom. The zero-order valence-corrected chi connectivity index (χ0v) is 24.1. The van der Waals surface area contributed by atoms with Crippen LogP contribution >= 0.6 is 0 Å². The van der Waals surface area contributed by atoms with Crippen LogP contribution in [0.2, 0.25) is 0 Å². The summed E-state index contributed by atoms with van der Waals surface area (Å²) < 4.78 is 60.5. The van der Waals surface area contributed by atoms with Crippen LogP contribution in [0.1, 0.15) is 61.2 Å². The minimum atomic E-state index is -4.52. The lowest BCUT2D eigenvalue weighted by Gasteiger charge is -2.23. The van der Waals surface area contributed by atoms with Gasteiger partial charge in [0.05, 0.1) is 19.0 Å². The maximum atomic E-state index is 13.2. The van der Waals surface area contributed by atoms with Crippen molar-refractivity contribution in [3.05, 3.63) is 59.9 Å². The Labute approximate surface area is 250 Å². The molecule has 1 unspecified atom stereocenters. The fourth-order valence-electron chi connectivity index (χ4n) is 5.44. The first-order valence-electron chi connectivity index (χ1n) is 14.4. The normalized spacial score (nSPS) is 17.2. The summed E-state index contributed by atoms with van der Waals surface area (Å²) in [7, 11) is 3.09. The van der Waals surface area contributed by atoms with Crippen LogP contribution in [-0.4, -0.2) is 53.0 Å². The van der Waals surface area contributed by atoms with E-state index in [-0.39, 0.29) is 24.6 Å². The zero-order valence-electron chi connectivity index (χ0n) is 24.1. The van der Waals surface area contributed by atoms with Crippen molar-refractivity contribution in [1.29, 1.82) is 0 Å². The largest absolute Gasteiger partial charge is 0.480 e.